The van der Waals surface area contributed by atoms with E-state index in [1.54, 1.807) is 61.7 Å². The predicted molar refractivity (Wildman–Crippen MR) is 126 cm³/mol. The normalized spacial score (nSPS) is 10.3. The van der Waals surface area contributed by atoms with Crippen molar-refractivity contribution in [1.29, 1.82) is 0 Å². The van der Waals surface area contributed by atoms with Crippen LogP contribution in [0.15, 0.2) is 90.3 Å². The van der Waals surface area contributed by atoms with Gasteiger partial charge in [0.1, 0.15) is 5.75 Å². The minimum absolute atomic E-state index is 0.205. The molecule has 0 unspecified atom stereocenters. The maximum atomic E-state index is 12.7. The second kappa shape index (κ2) is 9.80. The number of benzene rings is 3. The van der Waals surface area contributed by atoms with Crippen molar-refractivity contribution in [1.82, 2.24) is 0 Å². The van der Waals surface area contributed by atoms with E-state index in [-0.39, 0.29) is 11.8 Å². The van der Waals surface area contributed by atoms with Gasteiger partial charge in [0, 0.05) is 16.9 Å². The van der Waals surface area contributed by atoms with Gasteiger partial charge in [-0.2, -0.15) is 0 Å². The topological polar surface area (TPSA) is 76.7 Å². The van der Waals surface area contributed by atoms with Gasteiger partial charge in [-0.1, -0.05) is 24.3 Å². The summed E-state index contributed by atoms with van der Waals surface area (Å²) in [6.45, 7) is 0. The molecule has 3 aromatic carbocycles. The molecule has 2 amide bonds. The van der Waals surface area contributed by atoms with Crippen LogP contribution in [0, 0.1) is 0 Å². The Hall–Kier alpha value is -4.10. The summed E-state index contributed by atoms with van der Waals surface area (Å²) in [4.78, 5) is 25.5. The van der Waals surface area contributed by atoms with Gasteiger partial charge in [-0.15, -0.1) is 11.3 Å². The number of hydrogen-bond acceptors (Lipinski definition) is 5. The summed E-state index contributed by atoms with van der Waals surface area (Å²) in [6.07, 6.45) is 0. The van der Waals surface area contributed by atoms with Crippen molar-refractivity contribution in [2.24, 2.45) is 0 Å². The average molecular weight is 445 g/mol. The van der Waals surface area contributed by atoms with Crippen molar-refractivity contribution in [2.45, 2.75) is 0 Å². The molecule has 0 saturated carbocycles. The van der Waals surface area contributed by atoms with Crippen LogP contribution in [-0.4, -0.2) is 18.9 Å². The summed E-state index contributed by atoms with van der Waals surface area (Å²) in [5.74, 6) is 1.37. The van der Waals surface area contributed by atoms with E-state index in [0.717, 1.165) is 0 Å². The van der Waals surface area contributed by atoms with Crippen LogP contribution in [0.3, 0.4) is 0 Å². The lowest BCUT2D eigenvalue weighted by atomic mass is 10.1. The largest absolute Gasteiger partial charge is 0.493 e. The van der Waals surface area contributed by atoms with Crippen LogP contribution in [0.25, 0.3) is 0 Å². The molecular formula is C25H20N2O4S. The number of carbonyl (C=O) groups is 2. The molecule has 0 aliphatic rings. The number of ether oxygens (including phenoxy) is 2. The summed E-state index contributed by atoms with van der Waals surface area (Å²) in [5.41, 5.74) is 1.61. The third kappa shape index (κ3) is 5.14. The second-order valence-corrected chi connectivity index (χ2v) is 7.69. The first-order valence-electron chi connectivity index (χ1n) is 9.79. The fourth-order valence-corrected chi connectivity index (χ4v) is 3.60. The van der Waals surface area contributed by atoms with E-state index in [4.69, 9.17) is 9.47 Å². The predicted octanol–water partition coefficient (Wildman–Crippen LogP) is 6.05. The van der Waals surface area contributed by atoms with Gasteiger partial charge >= 0.3 is 0 Å². The Labute approximate surface area is 189 Å². The van der Waals surface area contributed by atoms with Crippen LogP contribution in [-0.2, 0) is 0 Å². The van der Waals surface area contributed by atoms with Crippen molar-refractivity contribution >= 4 is 34.5 Å². The van der Waals surface area contributed by atoms with E-state index in [2.05, 4.69) is 10.6 Å². The number of amides is 2. The third-order valence-corrected chi connectivity index (χ3v) is 5.41. The summed E-state index contributed by atoms with van der Waals surface area (Å²) in [5, 5.41) is 7.50. The van der Waals surface area contributed by atoms with Crippen molar-refractivity contribution in [3.05, 3.63) is 101 Å². The van der Waals surface area contributed by atoms with Crippen LogP contribution >= 0.6 is 11.3 Å². The molecule has 1 aromatic heterocycles. The van der Waals surface area contributed by atoms with Gasteiger partial charge in [-0.3, -0.25) is 9.59 Å². The highest BCUT2D eigenvalue weighted by Crippen LogP contribution is 2.31. The van der Waals surface area contributed by atoms with E-state index < -0.39 is 0 Å². The van der Waals surface area contributed by atoms with Crippen molar-refractivity contribution in [3.63, 3.8) is 0 Å². The summed E-state index contributed by atoms with van der Waals surface area (Å²) >= 11 is 1.36. The molecule has 0 atom stereocenters. The molecule has 0 radical (unpaired) electrons. The molecule has 32 heavy (non-hydrogen) atoms. The van der Waals surface area contributed by atoms with Crippen molar-refractivity contribution in [2.75, 3.05) is 17.7 Å². The molecule has 0 aliphatic carbocycles. The molecule has 0 saturated heterocycles. The average Bonchev–Trinajstić information content (AvgIpc) is 3.36. The number of thiophene rings is 1. The minimum atomic E-state index is -0.282. The first kappa shape index (κ1) is 21.1. The second-order valence-electron chi connectivity index (χ2n) is 6.74. The maximum Gasteiger partial charge on any atom is 0.265 e. The highest BCUT2D eigenvalue weighted by Gasteiger charge is 2.11. The lowest BCUT2D eigenvalue weighted by molar-refractivity contribution is 0.101. The van der Waals surface area contributed by atoms with E-state index in [1.807, 2.05) is 35.7 Å². The monoisotopic (exact) mass is 444 g/mol. The number of methoxy groups -OCH3 is 1. The Bertz CT molecular complexity index is 1220. The van der Waals surface area contributed by atoms with Crippen molar-refractivity contribution in [3.8, 4) is 17.2 Å². The number of hydrogen-bond donors (Lipinski definition) is 2. The van der Waals surface area contributed by atoms with Crippen LogP contribution in [0.2, 0.25) is 0 Å². The Morgan fingerprint density at radius 3 is 2.22 bits per heavy atom. The SMILES string of the molecule is COc1ccccc1Oc1ccc(NC(=O)c2cccc(NC(=O)c3cccs3)c2)cc1. The van der Waals surface area contributed by atoms with Crippen molar-refractivity contribution < 1.29 is 19.1 Å². The van der Waals surface area contributed by atoms with E-state index >= 15 is 0 Å². The maximum absolute atomic E-state index is 12.7. The van der Waals surface area contributed by atoms with Gasteiger partial charge in [0.05, 0.1) is 12.0 Å². The number of carbonyl (C=O) groups excluding carboxylic acids is 2. The fraction of sp³-hybridized carbons (Fsp3) is 0.0400. The highest BCUT2D eigenvalue weighted by atomic mass is 32.1. The Balaban J connectivity index is 1.40. The van der Waals surface area contributed by atoms with E-state index in [1.165, 1.54) is 11.3 Å². The van der Waals surface area contributed by atoms with Gasteiger partial charge in [-0.05, 0) is 66.0 Å². The number of nitrogens with one attached hydrogen (secondary N) is 2. The van der Waals surface area contributed by atoms with Crippen LogP contribution in [0.1, 0.15) is 20.0 Å². The molecule has 6 nitrogen and oxygen atoms in total. The first-order chi connectivity index (χ1) is 15.6. The summed E-state index contributed by atoms with van der Waals surface area (Å²) in [7, 11) is 1.59. The zero-order valence-electron chi connectivity index (χ0n) is 17.2. The highest BCUT2D eigenvalue weighted by molar-refractivity contribution is 7.12. The van der Waals surface area contributed by atoms with Crippen LogP contribution in [0.5, 0.6) is 17.2 Å². The number of rotatable bonds is 7. The Kier molecular flexibility index (Phi) is 6.48. The van der Waals surface area contributed by atoms with Gasteiger partial charge in [0.15, 0.2) is 11.5 Å². The molecule has 0 aliphatic heterocycles. The molecule has 0 spiro atoms. The number of para-hydroxylation sites is 2. The molecule has 0 bridgehead atoms. The molecule has 7 heteroatoms. The van der Waals surface area contributed by atoms with Gasteiger partial charge in [-0.25, -0.2) is 0 Å². The number of anilines is 2. The molecule has 4 aromatic rings. The molecule has 4 rings (SSSR count). The Morgan fingerprint density at radius 2 is 1.50 bits per heavy atom. The summed E-state index contributed by atoms with van der Waals surface area (Å²) < 4.78 is 11.1. The minimum Gasteiger partial charge on any atom is -0.493 e. The standard InChI is InChI=1S/C25H20N2O4S/c1-30-21-8-2-3-9-22(21)31-20-13-11-18(12-14-20)26-24(28)17-6-4-7-19(16-17)27-25(29)23-10-5-15-32-23/h2-16H,1H3,(H,26,28)(H,27,29). The van der Waals surface area contributed by atoms with E-state index in [9.17, 15) is 9.59 Å². The molecule has 160 valence electrons. The fourth-order valence-electron chi connectivity index (χ4n) is 2.98. The molecule has 1 heterocycles. The smallest absolute Gasteiger partial charge is 0.265 e. The summed E-state index contributed by atoms with van der Waals surface area (Å²) in [6, 6.07) is 24.8. The first-order valence-corrected chi connectivity index (χ1v) is 10.7. The molecular weight excluding hydrogens is 424 g/mol. The molecule has 2 N–H and O–H groups in total. The zero-order valence-corrected chi connectivity index (χ0v) is 18.0. The zero-order chi connectivity index (χ0) is 22.3. The van der Waals surface area contributed by atoms with Crippen LogP contribution < -0.4 is 20.1 Å². The lowest BCUT2D eigenvalue weighted by Gasteiger charge is -2.11. The van der Waals surface area contributed by atoms with Gasteiger partial charge in [0.2, 0.25) is 0 Å². The lowest BCUT2D eigenvalue weighted by Crippen LogP contribution is -2.14. The molecule has 0 fully saturated rings. The Morgan fingerprint density at radius 1 is 0.750 bits per heavy atom. The van der Waals surface area contributed by atoms with Gasteiger partial charge < -0.3 is 20.1 Å². The quantitative estimate of drug-likeness (QED) is 0.364. The van der Waals surface area contributed by atoms with Gasteiger partial charge in [0.25, 0.3) is 11.8 Å². The van der Waals surface area contributed by atoms with Crippen LogP contribution in [0.4, 0.5) is 11.4 Å². The third-order valence-electron chi connectivity index (χ3n) is 4.54. The van der Waals surface area contributed by atoms with E-state index in [0.29, 0.717) is 39.1 Å².